The number of aromatic nitrogens is 1. The van der Waals surface area contributed by atoms with Crippen molar-refractivity contribution in [3.8, 4) is 11.5 Å². The summed E-state index contributed by atoms with van der Waals surface area (Å²) in [6, 6.07) is 13.1. The monoisotopic (exact) mass is 427 g/mol. The molecule has 164 valence electrons. The van der Waals surface area contributed by atoms with Crippen LogP contribution in [0.25, 0.3) is 11.5 Å². The minimum Gasteiger partial charge on any atom is -0.444 e. The lowest BCUT2D eigenvalue weighted by Crippen LogP contribution is -2.30. The Morgan fingerprint density at radius 2 is 1.94 bits per heavy atom. The van der Waals surface area contributed by atoms with E-state index in [2.05, 4.69) is 15.6 Å². The lowest BCUT2D eigenvalue weighted by atomic mass is 10.2. The number of oxazole rings is 1. The molecule has 2 aromatic carbocycles. The number of nitrogens with one attached hydrogen (secondary N) is 2. The smallest absolute Gasteiger partial charge is 0.319 e. The highest BCUT2D eigenvalue weighted by Crippen LogP contribution is 2.19. The molecule has 0 aliphatic rings. The van der Waals surface area contributed by atoms with Crippen LogP contribution in [0, 0.1) is 5.82 Å². The van der Waals surface area contributed by atoms with Gasteiger partial charge in [0.15, 0.2) is 0 Å². The lowest BCUT2D eigenvalue weighted by molar-refractivity contribution is 0.0453. The fourth-order valence-corrected chi connectivity index (χ4v) is 2.82. The molecular weight excluding hydrogens is 401 g/mol. The largest absolute Gasteiger partial charge is 0.444 e. The zero-order chi connectivity index (χ0) is 21.9. The summed E-state index contributed by atoms with van der Waals surface area (Å²) in [6.45, 7) is 4.54. The fraction of sp³-hybridized carbons (Fsp3) is 0.304. The summed E-state index contributed by atoms with van der Waals surface area (Å²) >= 11 is 0. The zero-order valence-electron chi connectivity index (χ0n) is 17.4. The predicted octanol–water partition coefficient (Wildman–Crippen LogP) is 4.40. The first kappa shape index (κ1) is 22.5. The first-order chi connectivity index (χ1) is 15.1. The Morgan fingerprint density at radius 3 is 2.74 bits per heavy atom. The number of hydrogen-bond acceptors (Lipinski definition) is 5. The second-order valence-corrected chi connectivity index (χ2v) is 6.73. The predicted molar refractivity (Wildman–Crippen MR) is 115 cm³/mol. The molecule has 3 rings (SSSR count). The molecule has 3 aromatic rings. The Kier molecular flexibility index (Phi) is 8.57. The lowest BCUT2D eigenvalue weighted by Gasteiger charge is -2.09. The molecule has 1 aromatic heterocycles. The van der Waals surface area contributed by atoms with Crippen molar-refractivity contribution in [1.29, 1.82) is 0 Å². The highest BCUT2D eigenvalue weighted by molar-refractivity contribution is 5.89. The van der Waals surface area contributed by atoms with Gasteiger partial charge in [0, 0.05) is 30.8 Å². The molecule has 0 saturated carbocycles. The van der Waals surface area contributed by atoms with Crippen molar-refractivity contribution in [2.75, 3.05) is 31.7 Å². The number of nitrogens with zero attached hydrogens (tertiary/aromatic N) is 1. The molecule has 2 N–H and O–H groups in total. The number of hydrogen-bond donors (Lipinski definition) is 2. The summed E-state index contributed by atoms with van der Waals surface area (Å²) < 4.78 is 29.2. The van der Waals surface area contributed by atoms with E-state index in [1.54, 1.807) is 12.1 Å². The Labute approximate surface area is 180 Å². The van der Waals surface area contributed by atoms with E-state index in [4.69, 9.17) is 13.9 Å². The average Bonchev–Trinajstić information content (AvgIpc) is 3.23. The van der Waals surface area contributed by atoms with Crippen molar-refractivity contribution in [2.45, 2.75) is 20.0 Å². The second-order valence-electron chi connectivity index (χ2n) is 6.73. The summed E-state index contributed by atoms with van der Waals surface area (Å²) in [7, 11) is 0. The van der Waals surface area contributed by atoms with Gasteiger partial charge in [-0.25, -0.2) is 14.2 Å². The third-order valence-corrected chi connectivity index (χ3v) is 4.34. The second kappa shape index (κ2) is 11.8. The van der Waals surface area contributed by atoms with Gasteiger partial charge in [0.2, 0.25) is 5.89 Å². The van der Waals surface area contributed by atoms with Gasteiger partial charge in [0.25, 0.3) is 0 Å². The van der Waals surface area contributed by atoms with Crippen LogP contribution < -0.4 is 10.6 Å². The van der Waals surface area contributed by atoms with Gasteiger partial charge < -0.3 is 24.5 Å². The minimum atomic E-state index is -0.314. The van der Waals surface area contributed by atoms with Gasteiger partial charge >= 0.3 is 6.03 Å². The minimum absolute atomic E-state index is 0.309. The molecule has 31 heavy (non-hydrogen) atoms. The Hall–Kier alpha value is -3.23. The number of anilines is 1. The number of carbonyl (C=O) groups is 1. The SMILES string of the molecule is CCOCCOCc1cccc(NC(=O)NCCc2coc(-c3ccc(F)cc3)n2)c1. The Bertz CT molecular complexity index is 959. The standard InChI is InChI=1S/C23H26FN3O4/c1-2-29-12-13-30-15-17-4-3-5-20(14-17)27-23(28)25-11-10-21-16-31-22(26-21)18-6-8-19(24)9-7-18/h3-9,14,16H,2,10-13,15H2,1H3,(H2,25,27,28). The number of carbonyl (C=O) groups excluding carboxylic acids is 1. The van der Waals surface area contributed by atoms with Gasteiger partial charge in [-0.15, -0.1) is 0 Å². The van der Waals surface area contributed by atoms with Gasteiger partial charge in [-0.3, -0.25) is 0 Å². The molecule has 1 heterocycles. The molecule has 7 nitrogen and oxygen atoms in total. The van der Waals surface area contributed by atoms with E-state index in [1.807, 2.05) is 31.2 Å². The van der Waals surface area contributed by atoms with Crippen LogP contribution in [0.4, 0.5) is 14.9 Å². The van der Waals surface area contributed by atoms with E-state index in [9.17, 15) is 9.18 Å². The first-order valence-electron chi connectivity index (χ1n) is 10.1. The Balaban J connectivity index is 1.40. The van der Waals surface area contributed by atoms with Crippen LogP contribution in [0.5, 0.6) is 0 Å². The Morgan fingerprint density at radius 1 is 1.13 bits per heavy atom. The summed E-state index contributed by atoms with van der Waals surface area (Å²) in [5.74, 6) is 0.102. The van der Waals surface area contributed by atoms with E-state index in [0.717, 1.165) is 5.56 Å². The van der Waals surface area contributed by atoms with E-state index < -0.39 is 0 Å². The number of ether oxygens (including phenoxy) is 2. The summed E-state index contributed by atoms with van der Waals surface area (Å²) in [5, 5.41) is 5.60. The average molecular weight is 427 g/mol. The van der Waals surface area contributed by atoms with E-state index in [0.29, 0.717) is 62.2 Å². The van der Waals surface area contributed by atoms with Crippen LogP contribution in [0.3, 0.4) is 0 Å². The van der Waals surface area contributed by atoms with Crippen molar-refractivity contribution < 1.29 is 23.1 Å². The van der Waals surface area contributed by atoms with E-state index >= 15 is 0 Å². The molecule has 0 bridgehead atoms. The molecule has 0 fully saturated rings. The van der Waals surface area contributed by atoms with E-state index in [-0.39, 0.29) is 11.8 Å². The maximum absolute atomic E-state index is 13.0. The van der Waals surface area contributed by atoms with Crippen molar-refractivity contribution >= 4 is 11.7 Å². The van der Waals surface area contributed by atoms with Crippen molar-refractivity contribution in [3.63, 3.8) is 0 Å². The highest BCUT2D eigenvalue weighted by atomic mass is 19.1. The summed E-state index contributed by atoms with van der Waals surface area (Å²) in [5.41, 5.74) is 3.04. The number of halogens is 1. The molecular formula is C23H26FN3O4. The maximum atomic E-state index is 13.0. The van der Waals surface area contributed by atoms with Crippen LogP contribution in [0.1, 0.15) is 18.2 Å². The van der Waals surface area contributed by atoms with Crippen molar-refractivity contribution in [3.05, 3.63) is 71.9 Å². The van der Waals surface area contributed by atoms with E-state index in [1.165, 1.54) is 18.4 Å². The quantitative estimate of drug-likeness (QED) is 0.443. The molecule has 0 saturated heterocycles. The number of rotatable bonds is 11. The molecule has 0 atom stereocenters. The van der Waals surface area contributed by atoms with Crippen LogP contribution in [-0.2, 0) is 22.5 Å². The van der Waals surface area contributed by atoms with Gasteiger partial charge in [0.05, 0.1) is 25.5 Å². The highest BCUT2D eigenvalue weighted by Gasteiger charge is 2.08. The van der Waals surface area contributed by atoms with Crippen molar-refractivity contribution in [1.82, 2.24) is 10.3 Å². The molecule has 0 radical (unpaired) electrons. The fourth-order valence-electron chi connectivity index (χ4n) is 2.82. The van der Waals surface area contributed by atoms with Crippen LogP contribution in [0.15, 0.2) is 59.2 Å². The summed E-state index contributed by atoms with van der Waals surface area (Å²) in [4.78, 5) is 16.5. The number of urea groups is 1. The number of benzene rings is 2. The van der Waals surface area contributed by atoms with Gasteiger partial charge in [-0.2, -0.15) is 0 Å². The van der Waals surface area contributed by atoms with Crippen LogP contribution in [0.2, 0.25) is 0 Å². The summed E-state index contributed by atoms with van der Waals surface area (Å²) in [6.07, 6.45) is 2.04. The van der Waals surface area contributed by atoms with Crippen LogP contribution in [-0.4, -0.2) is 37.4 Å². The third kappa shape index (κ3) is 7.51. The van der Waals surface area contributed by atoms with Gasteiger partial charge in [0.1, 0.15) is 12.1 Å². The number of amides is 2. The molecule has 0 unspecified atom stereocenters. The topological polar surface area (TPSA) is 85.6 Å². The molecule has 2 amide bonds. The first-order valence-corrected chi connectivity index (χ1v) is 10.1. The zero-order valence-corrected chi connectivity index (χ0v) is 17.4. The van der Waals surface area contributed by atoms with Gasteiger partial charge in [-0.05, 0) is 48.9 Å². The van der Waals surface area contributed by atoms with Crippen molar-refractivity contribution in [2.24, 2.45) is 0 Å². The van der Waals surface area contributed by atoms with Crippen LogP contribution >= 0.6 is 0 Å². The van der Waals surface area contributed by atoms with Gasteiger partial charge in [-0.1, -0.05) is 12.1 Å². The molecule has 0 spiro atoms. The molecule has 0 aliphatic carbocycles. The normalized spacial score (nSPS) is 10.8. The molecule has 0 aliphatic heterocycles. The third-order valence-electron chi connectivity index (χ3n) is 4.34. The maximum Gasteiger partial charge on any atom is 0.319 e. The molecule has 8 heteroatoms.